The van der Waals surface area contributed by atoms with Gasteiger partial charge in [0, 0.05) is 29.6 Å². The lowest BCUT2D eigenvalue weighted by atomic mass is 9.99. The zero-order valence-corrected chi connectivity index (χ0v) is 15.9. The fourth-order valence-corrected chi connectivity index (χ4v) is 4.14. The molecule has 1 aliphatic heterocycles. The van der Waals surface area contributed by atoms with Crippen molar-refractivity contribution >= 4 is 22.7 Å². The molecule has 0 spiro atoms. The number of benzene rings is 2. The van der Waals surface area contributed by atoms with Gasteiger partial charge in [0.25, 0.3) is 5.91 Å². The van der Waals surface area contributed by atoms with Gasteiger partial charge in [0.2, 0.25) is 5.91 Å². The molecular weight excluding hydrogens is 336 g/mol. The number of aromatic nitrogens is 1. The van der Waals surface area contributed by atoms with Crippen molar-refractivity contribution in [3.8, 4) is 11.3 Å². The SMILES string of the molecule is CCCN(CCC)C(=O)Cc1c2n(c3ccccc13)C(=O)c1ccccc1-2. The summed E-state index contributed by atoms with van der Waals surface area (Å²) >= 11 is 0. The van der Waals surface area contributed by atoms with E-state index in [1.165, 1.54) is 0 Å². The Labute approximate surface area is 159 Å². The molecule has 3 aromatic rings. The van der Waals surface area contributed by atoms with Gasteiger partial charge in [-0.25, -0.2) is 0 Å². The molecule has 0 saturated heterocycles. The van der Waals surface area contributed by atoms with Crippen LogP contribution in [0.15, 0.2) is 48.5 Å². The summed E-state index contributed by atoms with van der Waals surface area (Å²) in [5, 5.41) is 0.997. The predicted octanol–water partition coefficient (Wildman–Crippen LogP) is 4.50. The van der Waals surface area contributed by atoms with Crippen molar-refractivity contribution in [1.82, 2.24) is 9.47 Å². The van der Waals surface area contributed by atoms with E-state index in [1.54, 1.807) is 4.57 Å². The van der Waals surface area contributed by atoms with Crippen LogP contribution in [0.25, 0.3) is 22.2 Å². The fraction of sp³-hybridized carbons (Fsp3) is 0.304. The van der Waals surface area contributed by atoms with Crippen LogP contribution in [0.3, 0.4) is 0 Å². The first-order valence-corrected chi connectivity index (χ1v) is 9.71. The minimum absolute atomic E-state index is 0.00512. The van der Waals surface area contributed by atoms with E-state index in [4.69, 9.17) is 0 Å². The van der Waals surface area contributed by atoms with Gasteiger partial charge in [0.05, 0.1) is 17.6 Å². The zero-order chi connectivity index (χ0) is 19.0. The van der Waals surface area contributed by atoms with Crippen LogP contribution < -0.4 is 0 Å². The second-order valence-electron chi connectivity index (χ2n) is 7.09. The maximum absolute atomic E-state index is 13.1. The van der Waals surface area contributed by atoms with Crippen LogP contribution in [-0.2, 0) is 11.2 Å². The highest BCUT2D eigenvalue weighted by Crippen LogP contribution is 2.41. The zero-order valence-electron chi connectivity index (χ0n) is 15.9. The molecule has 138 valence electrons. The topological polar surface area (TPSA) is 42.3 Å². The molecule has 0 atom stereocenters. The van der Waals surface area contributed by atoms with Gasteiger partial charge in [0.1, 0.15) is 0 Å². The number of hydrogen-bond donors (Lipinski definition) is 0. The maximum atomic E-state index is 13.1. The van der Waals surface area contributed by atoms with Crippen LogP contribution in [0.5, 0.6) is 0 Å². The number of nitrogens with zero attached hydrogens (tertiary/aromatic N) is 2. The predicted molar refractivity (Wildman–Crippen MR) is 108 cm³/mol. The summed E-state index contributed by atoms with van der Waals surface area (Å²) in [6.45, 7) is 5.74. The van der Waals surface area contributed by atoms with Crippen molar-refractivity contribution in [3.05, 3.63) is 59.7 Å². The van der Waals surface area contributed by atoms with Gasteiger partial charge in [-0.2, -0.15) is 0 Å². The monoisotopic (exact) mass is 360 g/mol. The molecule has 0 unspecified atom stereocenters. The summed E-state index contributed by atoms with van der Waals surface area (Å²) in [7, 11) is 0. The molecule has 1 aromatic heterocycles. The Hall–Kier alpha value is -2.88. The molecule has 2 aromatic carbocycles. The minimum atomic E-state index is -0.00512. The molecule has 4 heteroatoms. The molecule has 0 bridgehead atoms. The van der Waals surface area contributed by atoms with Gasteiger partial charge in [-0.15, -0.1) is 0 Å². The molecular formula is C23H24N2O2. The average Bonchev–Trinajstić information content (AvgIpc) is 3.16. The number of rotatable bonds is 6. The van der Waals surface area contributed by atoms with Crippen LogP contribution >= 0.6 is 0 Å². The van der Waals surface area contributed by atoms with Gasteiger partial charge in [-0.05, 0) is 30.5 Å². The Morgan fingerprint density at radius 2 is 1.56 bits per heavy atom. The summed E-state index contributed by atoms with van der Waals surface area (Å²) in [6.07, 6.45) is 2.22. The van der Waals surface area contributed by atoms with Gasteiger partial charge in [0.15, 0.2) is 0 Å². The normalized spacial score (nSPS) is 12.3. The molecule has 4 nitrogen and oxygen atoms in total. The van der Waals surface area contributed by atoms with E-state index < -0.39 is 0 Å². The first kappa shape index (κ1) is 17.5. The number of hydrogen-bond acceptors (Lipinski definition) is 2. The second kappa shape index (κ2) is 7.03. The Kier molecular flexibility index (Phi) is 4.56. The van der Waals surface area contributed by atoms with Crippen molar-refractivity contribution in [1.29, 1.82) is 0 Å². The number of fused-ring (bicyclic) bond motifs is 5. The van der Waals surface area contributed by atoms with E-state index in [2.05, 4.69) is 13.8 Å². The van der Waals surface area contributed by atoms with Crippen LogP contribution in [0, 0.1) is 0 Å². The van der Waals surface area contributed by atoms with Crippen molar-refractivity contribution < 1.29 is 9.59 Å². The summed E-state index contributed by atoms with van der Waals surface area (Å²) in [5.41, 5.74) is 4.38. The highest BCUT2D eigenvalue weighted by atomic mass is 16.2. The van der Waals surface area contributed by atoms with Crippen molar-refractivity contribution in [2.75, 3.05) is 13.1 Å². The number of carbonyl (C=O) groups is 2. The Morgan fingerprint density at radius 3 is 2.26 bits per heavy atom. The van der Waals surface area contributed by atoms with Gasteiger partial charge < -0.3 is 4.90 Å². The van der Waals surface area contributed by atoms with Gasteiger partial charge >= 0.3 is 0 Å². The van der Waals surface area contributed by atoms with E-state index in [1.807, 2.05) is 53.4 Å². The molecule has 0 fully saturated rings. The molecule has 1 amide bonds. The molecule has 27 heavy (non-hydrogen) atoms. The van der Waals surface area contributed by atoms with Crippen LogP contribution in [0.2, 0.25) is 0 Å². The molecule has 0 saturated carbocycles. The largest absolute Gasteiger partial charge is 0.342 e. The van der Waals surface area contributed by atoms with Crippen molar-refractivity contribution in [2.24, 2.45) is 0 Å². The summed E-state index contributed by atoms with van der Waals surface area (Å²) < 4.78 is 1.78. The fourth-order valence-electron chi connectivity index (χ4n) is 4.14. The first-order valence-electron chi connectivity index (χ1n) is 9.71. The van der Waals surface area contributed by atoms with E-state index >= 15 is 0 Å². The van der Waals surface area contributed by atoms with Gasteiger partial charge in [-0.1, -0.05) is 50.2 Å². The molecule has 0 N–H and O–H groups in total. The lowest BCUT2D eigenvalue weighted by Gasteiger charge is -2.21. The first-order chi connectivity index (χ1) is 13.2. The van der Waals surface area contributed by atoms with Crippen LogP contribution in [0.1, 0.15) is 42.6 Å². The number of carbonyl (C=O) groups excluding carboxylic acids is 2. The quantitative estimate of drug-likeness (QED) is 0.508. The third kappa shape index (κ3) is 2.76. The highest BCUT2D eigenvalue weighted by molar-refractivity contribution is 6.16. The number of amides is 1. The van der Waals surface area contributed by atoms with Crippen molar-refractivity contribution in [2.45, 2.75) is 33.1 Å². The van der Waals surface area contributed by atoms with E-state index in [9.17, 15) is 9.59 Å². The smallest absolute Gasteiger partial charge is 0.263 e. The van der Waals surface area contributed by atoms with Gasteiger partial charge in [-0.3, -0.25) is 14.2 Å². The van der Waals surface area contributed by atoms with Crippen LogP contribution in [-0.4, -0.2) is 34.4 Å². The standard InChI is InChI=1S/C23H24N2O2/c1-3-13-24(14-4-2)21(26)15-19-16-9-7-8-12-20(16)25-22(19)17-10-5-6-11-18(17)23(25)27/h5-12H,3-4,13-15H2,1-2H3. The summed E-state index contributed by atoms with van der Waals surface area (Å²) in [5.74, 6) is 0.129. The summed E-state index contributed by atoms with van der Waals surface area (Å²) in [6, 6.07) is 15.6. The molecule has 2 heterocycles. The van der Waals surface area contributed by atoms with Crippen molar-refractivity contribution in [3.63, 3.8) is 0 Å². The Morgan fingerprint density at radius 1 is 0.926 bits per heavy atom. The molecule has 0 aliphatic carbocycles. The van der Waals surface area contributed by atoms with E-state index in [-0.39, 0.29) is 11.8 Å². The van der Waals surface area contributed by atoms with E-state index in [0.29, 0.717) is 12.0 Å². The number of para-hydroxylation sites is 1. The second-order valence-corrected chi connectivity index (χ2v) is 7.09. The van der Waals surface area contributed by atoms with Crippen LogP contribution in [0.4, 0.5) is 0 Å². The minimum Gasteiger partial charge on any atom is -0.342 e. The third-order valence-electron chi connectivity index (χ3n) is 5.26. The lowest BCUT2D eigenvalue weighted by molar-refractivity contribution is -0.130. The molecule has 4 rings (SSSR count). The maximum Gasteiger partial charge on any atom is 0.263 e. The average molecular weight is 360 g/mol. The Bertz CT molecular complexity index is 1030. The highest BCUT2D eigenvalue weighted by Gasteiger charge is 2.32. The summed E-state index contributed by atoms with van der Waals surface area (Å²) in [4.78, 5) is 28.0. The molecule has 1 aliphatic rings. The Balaban J connectivity index is 1.85. The van der Waals surface area contributed by atoms with E-state index in [0.717, 1.165) is 53.7 Å². The lowest BCUT2D eigenvalue weighted by Crippen LogP contribution is -2.33. The molecule has 0 radical (unpaired) electrons. The third-order valence-corrected chi connectivity index (χ3v) is 5.26.